The molecule has 2 aliphatic heterocycles. The highest BCUT2D eigenvalue weighted by Crippen LogP contribution is 2.22. The minimum absolute atomic E-state index is 0.0119. The largest absolute Gasteiger partial charge is 0.381 e. The SMILES string of the molecule is Cn1cnc2cc(N3CCN(CC4CCOCC4)CC3)ccc2c1=O. The molecule has 0 spiro atoms. The van der Waals surface area contributed by atoms with E-state index in [0.29, 0.717) is 5.39 Å². The van der Waals surface area contributed by atoms with E-state index in [4.69, 9.17) is 4.74 Å². The van der Waals surface area contributed by atoms with Crippen molar-refractivity contribution in [3.63, 3.8) is 0 Å². The third-order valence-corrected chi connectivity index (χ3v) is 5.50. The number of nitrogens with zero attached hydrogens (tertiary/aromatic N) is 4. The van der Waals surface area contributed by atoms with Crippen molar-refractivity contribution in [3.05, 3.63) is 34.9 Å². The van der Waals surface area contributed by atoms with E-state index in [1.54, 1.807) is 13.4 Å². The van der Waals surface area contributed by atoms with Crippen molar-refractivity contribution in [3.8, 4) is 0 Å². The monoisotopic (exact) mass is 342 g/mol. The van der Waals surface area contributed by atoms with Crippen molar-refractivity contribution in [1.82, 2.24) is 14.5 Å². The first-order chi connectivity index (χ1) is 12.2. The van der Waals surface area contributed by atoms with Crippen LogP contribution >= 0.6 is 0 Å². The summed E-state index contributed by atoms with van der Waals surface area (Å²) in [4.78, 5) is 21.5. The Hall–Kier alpha value is -1.92. The lowest BCUT2D eigenvalue weighted by Crippen LogP contribution is -2.48. The molecule has 0 unspecified atom stereocenters. The maximum Gasteiger partial charge on any atom is 0.260 e. The first-order valence-electron chi connectivity index (χ1n) is 9.21. The number of hydrogen-bond acceptors (Lipinski definition) is 5. The summed E-state index contributed by atoms with van der Waals surface area (Å²) in [5.74, 6) is 0.793. The zero-order valence-corrected chi connectivity index (χ0v) is 14.9. The van der Waals surface area contributed by atoms with Crippen LogP contribution in [-0.2, 0) is 11.8 Å². The van der Waals surface area contributed by atoms with Crippen LogP contribution in [0, 0.1) is 5.92 Å². The number of rotatable bonds is 3. The minimum atomic E-state index is 0.0119. The molecular weight excluding hydrogens is 316 g/mol. The molecule has 0 bridgehead atoms. The fourth-order valence-electron chi connectivity index (χ4n) is 3.88. The van der Waals surface area contributed by atoms with Crippen LogP contribution in [0.1, 0.15) is 12.8 Å². The maximum absolute atomic E-state index is 12.1. The molecule has 3 heterocycles. The van der Waals surface area contributed by atoms with Gasteiger partial charge in [-0.25, -0.2) is 4.98 Å². The quantitative estimate of drug-likeness (QED) is 0.846. The van der Waals surface area contributed by atoms with E-state index in [9.17, 15) is 4.79 Å². The Morgan fingerprint density at radius 1 is 1.16 bits per heavy atom. The molecule has 0 saturated carbocycles. The molecule has 0 atom stereocenters. The highest BCUT2D eigenvalue weighted by Gasteiger charge is 2.22. The number of ether oxygens (including phenoxy) is 1. The van der Waals surface area contributed by atoms with Crippen LogP contribution in [0.5, 0.6) is 0 Å². The highest BCUT2D eigenvalue weighted by atomic mass is 16.5. The van der Waals surface area contributed by atoms with E-state index in [0.717, 1.165) is 50.8 Å². The van der Waals surface area contributed by atoms with Crippen LogP contribution in [-0.4, -0.2) is 60.4 Å². The lowest BCUT2D eigenvalue weighted by molar-refractivity contribution is 0.0517. The van der Waals surface area contributed by atoms with Gasteiger partial charge in [-0.3, -0.25) is 9.69 Å². The second-order valence-electron chi connectivity index (χ2n) is 7.21. The number of piperazine rings is 1. The molecular formula is C19H26N4O2. The van der Waals surface area contributed by atoms with Gasteiger partial charge in [-0.2, -0.15) is 0 Å². The Morgan fingerprint density at radius 3 is 2.68 bits per heavy atom. The Labute approximate surface area is 148 Å². The molecule has 2 fully saturated rings. The lowest BCUT2D eigenvalue weighted by atomic mass is 9.99. The molecule has 1 aromatic heterocycles. The molecule has 1 aromatic carbocycles. The van der Waals surface area contributed by atoms with Gasteiger partial charge in [0.1, 0.15) is 0 Å². The Bertz CT molecular complexity index is 790. The van der Waals surface area contributed by atoms with Crippen molar-refractivity contribution in [2.24, 2.45) is 13.0 Å². The van der Waals surface area contributed by atoms with Crippen LogP contribution in [0.3, 0.4) is 0 Å². The van der Waals surface area contributed by atoms with Crippen LogP contribution in [0.4, 0.5) is 5.69 Å². The minimum Gasteiger partial charge on any atom is -0.381 e. The third-order valence-electron chi connectivity index (χ3n) is 5.50. The average molecular weight is 342 g/mol. The van der Waals surface area contributed by atoms with Gasteiger partial charge >= 0.3 is 0 Å². The molecule has 6 nitrogen and oxygen atoms in total. The molecule has 4 rings (SSSR count). The molecule has 134 valence electrons. The van der Waals surface area contributed by atoms with Crippen molar-refractivity contribution in [2.45, 2.75) is 12.8 Å². The summed E-state index contributed by atoms with van der Waals surface area (Å²) in [5, 5.41) is 0.687. The Kier molecular flexibility index (Phi) is 4.72. The highest BCUT2D eigenvalue weighted by molar-refractivity contribution is 5.81. The van der Waals surface area contributed by atoms with E-state index in [1.807, 2.05) is 12.1 Å². The van der Waals surface area contributed by atoms with Gasteiger partial charge in [0.05, 0.1) is 17.2 Å². The van der Waals surface area contributed by atoms with Crippen molar-refractivity contribution < 1.29 is 4.74 Å². The number of fused-ring (bicyclic) bond motifs is 1. The number of benzene rings is 1. The zero-order chi connectivity index (χ0) is 17.2. The molecule has 2 aliphatic rings. The second-order valence-corrected chi connectivity index (χ2v) is 7.21. The van der Waals surface area contributed by atoms with Gasteiger partial charge in [0.2, 0.25) is 0 Å². The first-order valence-corrected chi connectivity index (χ1v) is 9.21. The van der Waals surface area contributed by atoms with E-state index >= 15 is 0 Å². The summed E-state index contributed by atoms with van der Waals surface area (Å²) in [7, 11) is 1.74. The predicted octanol–water partition coefficient (Wildman–Crippen LogP) is 1.48. The van der Waals surface area contributed by atoms with Gasteiger partial charge < -0.3 is 14.2 Å². The topological polar surface area (TPSA) is 50.6 Å². The van der Waals surface area contributed by atoms with E-state index in [-0.39, 0.29) is 5.56 Å². The molecule has 25 heavy (non-hydrogen) atoms. The second kappa shape index (κ2) is 7.14. The van der Waals surface area contributed by atoms with Gasteiger partial charge in [-0.05, 0) is 37.0 Å². The van der Waals surface area contributed by atoms with Crippen LogP contribution < -0.4 is 10.5 Å². The predicted molar refractivity (Wildman–Crippen MR) is 99.2 cm³/mol. The van der Waals surface area contributed by atoms with Gasteiger partial charge in [-0.15, -0.1) is 0 Å². The molecule has 2 saturated heterocycles. The number of aryl methyl sites for hydroxylation is 1. The Morgan fingerprint density at radius 2 is 1.92 bits per heavy atom. The summed E-state index contributed by atoms with van der Waals surface area (Å²) in [5.41, 5.74) is 1.96. The maximum atomic E-state index is 12.1. The lowest BCUT2D eigenvalue weighted by Gasteiger charge is -2.38. The fourth-order valence-corrected chi connectivity index (χ4v) is 3.88. The molecule has 0 N–H and O–H groups in total. The molecule has 0 aliphatic carbocycles. The van der Waals surface area contributed by atoms with Crippen LogP contribution in [0.2, 0.25) is 0 Å². The Balaban J connectivity index is 1.41. The number of hydrogen-bond donors (Lipinski definition) is 0. The summed E-state index contributed by atoms with van der Waals surface area (Å²) < 4.78 is 6.98. The number of aromatic nitrogens is 2. The molecule has 2 aromatic rings. The first kappa shape index (κ1) is 16.5. The van der Waals surface area contributed by atoms with Crippen molar-refractivity contribution in [1.29, 1.82) is 0 Å². The van der Waals surface area contributed by atoms with Gasteiger partial charge in [-0.1, -0.05) is 0 Å². The third kappa shape index (κ3) is 3.55. The van der Waals surface area contributed by atoms with Crippen molar-refractivity contribution in [2.75, 3.05) is 50.8 Å². The zero-order valence-electron chi connectivity index (χ0n) is 14.9. The summed E-state index contributed by atoms with van der Waals surface area (Å²) >= 11 is 0. The van der Waals surface area contributed by atoms with Gasteiger partial charge in [0.15, 0.2) is 0 Å². The molecule has 0 radical (unpaired) electrons. The average Bonchev–Trinajstić information content (AvgIpc) is 2.66. The summed E-state index contributed by atoms with van der Waals surface area (Å²) in [6, 6.07) is 6.01. The van der Waals surface area contributed by atoms with Gasteiger partial charge in [0, 0.05) is 58.7 Å². The van der Waals surface area contributed by atoms with E-state index in [2.05, 4.69) is 20.9 Å². The van der Waals surface area contributed by atoms with Crippen LogP contribution in [0.25, 0.3) is 10.9 Å². The standard InChI is InChI=1S/C19H26N4O2/c1-21-14-20-18-12-16(2-3-17(18)19(21)24)23-8-6-22(7-9-23)13-15-4-10-25-11-5-15/h2-3,12,14-15H,4-11,13H2,1H3. The number of anilines is 1. The normalized spacial score (nSPS) is 20.3. The fraction of sp³-hybridized carbons (Fsp3) is 0.579. The van der Waals surface area contributed by atoms with Crippen molar-refractivity contribution >= 4 is 16.6 Å². The smallest absolute Gasteiger partial charge is 0.260 e. The molecule has 6 heteroatoms. The van der Waals surface area contributed by atoms with E-state index < -0.39 is 0 Å². The van der Waals surface area contributed by atoms with Gasteiger partial charge in [0.25, 0.3) is 5.56 Å². The molecule has 0 amide bonds. The summed E-state index contributed by atoms with van der Waals surface area (Å²) in [6.45, 7) is 7.30. The summed E-state index contributed by atoms with van der Waals surface area (Å²) in [6.07, 6.45) is 4.00. The van der Waals surface area contributed by atoms with Crippen LogP contribution in [0.15, 0.2) is 29.3 Å². The van der Waals surface area contributed by atoms with E-state index in [1.165, 1.54) is 29.6 Å².